The number of hydrogen-bond acceptors (Lipinski definition) is 9. The van der Waals surface area contributed by atoms with E-state index in [1.165, 1.54) is 11.8 Å². The normalized spacial score (nSPS) is 16.9. The lowest BCUT2D eigenvalue weighted by Crippen LogP contribution is -2.45. The molecule has 4 rings (SSSR count). The lowest BCUT2D eigenvalue weighted by atomic mass is 10.0. The Morgan fingerprint density at radius 3 is 1.98 bits per heavy atom. The molecule has 1 saturated heterocycles. The predicted molar refractivity (Wildman–Crippen MR) is 177 cm³/mol. The molecule has 45 heavy (non-hydrogen) atoms. The molecule has 0 aromatic heterocycles. The summed E-state index contributed by atoms with van der Waals surface area (Å²) in [6, 6.07) is 14.6. The van der Waals surface area contributed by atoms with E-state index in [1.807, 2.05) is 55.5 Å². The highest BCUT2D eigenvalue weighted by molar-refractivity contribution is 9.10. The van der Waals surface area contributed by atoms with Crippen LogP contribution in [-0.4, -0.2) is 55.7 Å². The van der Waals surface area contributed by atoms with Gasteiger partial charge < -0.3 is 33.7 Å². The van der Waals surface area contributed by atoms with Gasteiger partial charge in [0, 0.05) is 9.37 Å². The lowest BCUT2D eigenvalue weighted by molar-refractivity contribution is -0.102. The summed E-state index contributed by atoms with van der Waals surface area (Å²) in [6.45, 7) is 7.10. The van der Waals surface area contributed by atoms with Crippen LogP contribution in [0.4, 0.5) is 10.5 Å². The third kappa shape index (κ3) is 8.10. The van der Waals surface area contributed by atoms with Gasteiger partial charge in [0.15, 0.2) is 23.0 Å². The highest BCUT2D eigenvalue weighted by Gasteiger charge is 2.32. The number of thioether (sulfide) groups is 1. The summed E-state index contributed by atoms with van der Waals surface area (Å²) in [5.74, 6) is 2.37. The van der Waals surface area contributed by atoms with Crippen molar-refractivity contribution < 1.29 is 38.4 Å². The first-order chi connectivity index (χ1) is 21.4. The van der Waals surface area contributed by atoms with Gasteiger partial charge in [0.25, 0.3) is 0 Å². The molecule has 3 atom stereocenters. The molecule has 3 aromatic carbocycles. The highest BCUT2D eigenvalue weighted by atomic mass is 79.9. The number of anilines is 1. The van der Waals surface area contributed by atoms with E-state index in [-0.39, 0.29) is 17.6 Å². The van der Waals surface area contributed by atoms with E-state index in [0.29, 0.717) is 45.9 Å². The second kappa shape index (κ2) is 14.8. The molecule has 1 heterocycles. The van der Waals surface area contributed by atoms with Crippen molar-refractivity contribution in [2.75, 3.05) is 33.8 Å². The van der Waals surface area contributed by atoms with E-state index in [2.05, 4.69) is 21.2 Å². The fourth-order valence-electron chi connectivity index (χ4n) is 4.97. The number of carbonyl (C=O) groups excluding carboxylic acids is 1. The molecule has 3 aromatic rings. The van der Waals surface area contributed by atoms with Crippen molar-refractivity contribution in [3.05, 3.63) is 64.1 Å². The SMILES string of the molecule is COc1cc(C2CCC(c3cc(OC)c(OC)c(OC)c3)O2)cc(NC(=O)N(O)C(C)(C)C)c1OC(C)Sc1ccccc1Br. The topological polar surface area (TPSA) is 108 Å². The van der Waals surface area contributed by atoms with Gasteiger partial charge in [0.2, 0.25) is 5.75 Å². The molecule has 12 heteroatoms. The number of carbonyl (C=O) groups is 1. The van der Waals surface area contributed by atoms with Crippen LogP contribution < -0.4 is 29.0 Å². The van der Waals surface area contributed by atoms with Crippen LogP contribution in [0.25, 0.3) is 0 Å². The number of rotatable bonds is 11. The second-order valence-electron chi connectivity index (χ2n) is 11.4. The minimum Gasteiger partial charge on any atom is -0.493 e. The van der Waals surface area contributed by atoms with Gasteiger partial charge in [-0.25, -0.2) is 9.86 Å². The number of nitrogens with one attached hydrogen (secondary N) is 1. The molecule has 2 N–H and O–H groups in total. The molecule has 1 fully saturated rings. The fraction of sp³-hybridized carbons (Fsp3) is 0.424. The molecule has 2 amide bonds. The van der Waals surface area contributed by atoms with Gasteiger partial charge in [-0.05, 0) is 104 Å². The third-order valence-electron chi connectivity index (χ3n) is 7.23. The van der Waals surface area contributed by atoms with Gasteiger partial charge in [-0.15, -0.1) is 0 Å². The van der Waals surface area contributed by atoms with E-state index in [1.54, 1.807) is 49.2 Å². The number of methoxy groups -OCH3 is 4. The summed E-state index contributed by atoms with van der Waals surface area (Å²) in [5, 5.41) is 14.1. The monoisotopic (exact) mass is 704 g/mol. The van der Waals surface area contributed by atoms with Gasteiger partial charge >= 0.3 is 6.03 Å². The van der Waals surface area contributed by atoms with Gasteiger partial charge in [-0.1, -0.05) is 23.9 Å². The quantitative estimate of drug-likeness (QED) is 0.0878. The van der Waals surface area contributed by atoms with E-state index < -0.39 is 11.6 Å². The van der Waals surface area contributed by atoms with Crippen LogP contribution >= 0.6 is 27.7 Å². The Morgan fingerprint density at radius 1 is 0.933 bits per heavy atom. The Bertz CT molecular complexity index is 1470. The van der Waals surface area contributed by atoms with Crippen molar-refractivity contribution in [3.63, 3.8) is 0 Å². The summed E-state index contributed by atoms with van der Waals surface area (Å²) in [6.07, 6.45) is 0.894. The molecule has 0 saturated carbocycles. The second-order valence-corrected chi connectivity index (χ2v) is 13.6. The number of ether oxygens (including phenoxy) is 6. The van der Waals surface area contributed by atoms with Crippen molar-refractivity contribution in [1.29, 1.82) is 0 Å². The Hall–Kier alpha value is -3.32. The van der Waals surface area contributed by atoms with Crippen LogP contribution in [-0.2, 0) is 4.74 Å². The smallest absolute Gasteiger partial charge is 0.346 e. The molecular formula is C33H41BrN2O8S. The van der Waals surface area contributed by atoms with E-state index in [9.17, 15) is 10.0 Å². The molecule has 244 valence electrons. The maximum Gasteiger partial charge on any atom is 0.346 e. The largest absolute Gasteiger partial charge is 0.493 e. The number of amides is 2. The molecule has 0 radical (unpaired) electrons. The minimum absolute atomic E-state index is 0.238. The number of urea groups is 1. The average molecular weight is 706 g/mol. The molecule has 0 spiro atoms. The Morgan fingerprint density at radius 2 is 1.47 bits per heavy atom. The van der Waals surface area contributed by atoms with Crippen LogP contribution in [0.1, 0.15) is 63.9 Å². The van der Waals surface area contributed by atoms with Crippen LogP contribution in [0.15, 0.2) is 57.9 Å². The first kappa shape index (κ1) is 34.6. The number of hydrogen-bond donors (Lipinski definition) is 2. The van der Waals surface area contributed by atoms with Crippen LogP contribution in [0.3, 0.4) is 0 Å². The third-order valence-corrected chi connectivity index (χ3v) is 9.22. The van der Waals surface area contributed by atoms with Gasteiger partial charge in [-0.3, -0.25) is 5.21 Å². The summed E-state index contributed by atoms with van der Waals surface area (Å²) in [4.78, 5) is 14.2. The summed E-state index contributed by atoms with van der Waals surface area (Å²) in [5.41, 5.74) is 0.830. The van der Waals surface area contributed by atoms with Crippen molar-refractivity contribution in [2.24, 2.45) is 0 Å². The van der Waals surface area contributed by atoms with Crippen LogP contribution in [0.5, 0.6) is 28.7 Å². The summed E-state index contributed by atoms with van der Waals surface area (Å²) >= 11 is 5.09. The molecule has 1 aliphatic rings. The number of nitrogens with zero attached hydrogens (tertiary/aromatic N) is 1. The van der Waals surface area contributed by atoms with Crippen LogP contribution in [0, 0.1) is 0 Å². The summed E-state index contributed by atoms with van der Waals surface area (Å²) < 4.78 is 36.3. The Labute approximate surface area is 277 Å². The van der Waals surface area contributed by atoms with Crippen molar-refractivity contribution >= 4 is 39.4 Å². The van der Waals surface area contributed by atoms with Gasteiger partial charge in [-0.2, -0.15) is 0 Å². The van der Waals surface area contributed by atoms with Crippen LogP contribution in [0.2, 0.25) is 0 Å². The number of halogens is 1. The maximum absolute atomic E-state index is 13.2. The molecule has 10 nitrogen and oxygen atoms in total. The minimum atomic E-state index is -0.836. The van der Waals surface area contributed by atoms with E-state index in [0.717, 1.165) is 26.9 Å². The van der Waals surface area contributed by atoms with E-state index in [4.69, 9.17) is 28.4 Å². The zero-order chi connectivity index (χ0) is 32.9. The molecular weight excluding hydrogens is 664 g/mol. The number of benzene rings is 3. The van der Waals surface area contributed by atoms with Gasteiger partial charge in [0.1, 0.15) is 5.44 Å². The fourth-order valence-corrected chi connectivity index (χ4v) is 6.38. The Kier molecular flexibility index (Phi) is 11.4. The van der Waals surface area contributed by atoms with E-state index >= 15 is 0 Å². The standard InChI is InChI=1S/C33H41BrN2O8S/c1-19(45-29-12-10-9-11-22(29)34)43-30-23(35-32(37)36(38)33(2,3)4)15-20(16-26(30)39-5)24-13-14-25(44-24)21-17-27(40-6)31(42-8)28(18-21)41-7/h9-12,15-19,24-25,38H,13-14H2,1-8H3,(H,35,37). The maximum atomic E-state index is 13.2. The lowest BCUT2D eigenvalue weighted by Gasteiger charge is -2.30. The number of hydroxylamine groups is 2. The summed E-state index contributed by atoms with van der Waals surface area (Å²) in [7, 11) is 6.27. The van der Waals surface area contributed by atoms with Crippen molar-refractivity contribution in [3.8, 4) is 28.7 Å². The average Bonchev–Trinajstić information content (AvgIpc) is 3.51. The zero-order valence-corrected chi connectivity index (χ0v) is 29.2. The van der Waals surface area contributed by atoms with Crippen molar-refractivity contribution in [2.45, 2.75) is 68.6 Å². The predicted octanol–water partition coefficient (Wildman–Crippen LogP) is 8.62. The first-order valence-electron chi connectivity index (χ1n) is 14.4. The Balaban J connectivity index is 1.67. The zero-order valence-electron chi connectivity index (χ0n) is 26.8. The highest BCUT2D eigenvalue weighted by Crippen LogP contribution is 2.48. The molecule has 1 aliphatic heterocycles. The van der Waals surface area contributed by atoms with Crippen molar-refractivity contribution in [1.82, 2.24) is 5.06 Å². The molecule has 0 aliphatic carbocycles. The first-order valence-corrected chi connectivity index (χ1v) is 16.1. The van der Waals surface area contributed by atoms with Gasteiger partial charge in [0.05, 0.1) is 51.9 Å². The molecule has 0 bridgehead atoms. The molecule has 3 unspecified atom stereocenters.